The SMILES string of the molecule is COn1cc(Nc2nc3c(nc2N2CCC(Oc4ccc(F)cc4F)CC2)CCN(C(C)=O)C3)cn1. The maximum Gasteiger partial charge on any atom is 0.219 e. The van der Waals surface area contributed by atoms with Crippen molar-refractivity contribution in [3.8, 4) is 5.75 Å². The standard InChI is InChI=1S/C24H27F2N7O3/c1-15(34)32-10-7-20-21(14-32)29-23(28-17-12-27-33(13-17)35-2)24(30-20)31-8-5-18(6-9-31)36-22-4-3-16(25)11-19(22)26/h3-4,11-13,18H,5-10,14H2,1-2H3,(H,28,29). The molecule has 1 N–H and O–H groups in total. The number of hydrogen-bond donors (Lipinski definition) is 1. The van der Waals surface area contributed by atoms with Crippen LogP contribution in [0.25, 0.3) is 0 Å². The molecule has 10 nitrogen and oxygen atoms in total. The van der Waals surface area contributed by atoms with E-state index in [-0.39, 0.29) is 17.8 Å². The van der Waals surface area contributed by atoms with E-state index in [1.807, 2.05) is 0 Å². The lowest BCUT2D eigenvalue weighted by molar-refractivity contribution is -0.129. The van der Waals surface area contributed by atoms with Crippen molar-refractivity contribution in [2.45, 2.75) is 38.8 Å². The Labute approximate surface area is 206 Å². The molecule has 2 aliphatic heterocycles. The van der Waals surface area contributed by atoms with Crippen molar-refractivity contribution < 1.29 is 23.1 Å². The third-order valence-corrected chi connectivity index (χ3v) is 6.38. The van der Waals surface area contributed by atoms with E-state index in [0.717, 1.165) is 17.5 Å². The van der Waals surface area contributed by atoms with Crippen molar-refractivity contribution >= 4 is 23.2 Å². The van der Waals surface area contributed by atoms with Gasteiger partial charge in [-0.25, -0.2) is 18.7 Å². The topological polar surface area (TPSA) is 97.6 Å². The first-order chi connectivity index (χ1) is 17.4. The molecule has 4 heterocycles. The van der Waals surface area contributed by atoms with Crippen molar-refractivity contribution in [1.29, 1.82) is 0 Å². The first-order valence-electron chi connectivity index (χ1n) is 11.8. The second-order valence-corrected chi connectivity index (χ2v) is 8.80. The Morgan fingerprint density at radius 2 is 1.94 bits per heavy atom. The highest BCUT2D eigenvalue weighted by atomic mass is 19.1. The van der Waals surface area contributed by atoms with Gasteiger partial charge in [0.15, 0.2) is 23.2 Å². The Kier molecular flexibility index (Phi) is 6.57. The number of rotatable bonds is 6. The molecule has 2 aromatic heterocycles. The lowest BCUT2D eigenvalue weighted by Gasteiger charge is -2.35. The number of nitrogens with zero attached hydrogens (tertiary/aromatic N) is 6. The number of hydrogen-bond acceptors (Lipinski definition) is 8. The van der Waals surface area contributed by atoms with Crippen LogP contribution in [0.5, 0.6) is 5.75 Å². The molecule has 12 heteroatoms. The normalized spacial score (nSPS) is 16.0. The number of nitrogens with one attached hydrogen (secondary N) is 1. The molecule has 0 aliphatic carbocycles. The van der Waals surface area contributed by atoms with E-state index in [2.05, 4.69) is 15.3 Å². The molecule has 5 rings (SSSR count). The molecule has 1 fully saturated rings. The van der Waals surface area contributed by atoms with E-state index in [9.17, 15) is 13.6 Å². The van der Waals surface area contributed by atoms with Crippen LogP contribution in [0.1, 0.15) is 31.2 Å². The summed E-state index contributed by atoms with van der Waals surface area (Å²) < 4.78 is 33.0. The zero-order valence-electron chi connectivity index (χ0n) is 20.1. The summed E-state index contributed by atoms with van der Waals surface area (Å²) in [5.74, 6) is -0.0396. The maximum absolute atomic E-state index is 14.0. The Balaban J connectivity index is 1.36. The Bertz CT molecular complexity index is 1260. The second kappa shape index (κ2) is 9.96. The number of carbonyl (C=O) groups is 1. The first kappa shape index (κ1) is 23.8. The highest BCUT2D eigenvalue weighted by Gasteiger charge is 2.28. The van der Waals surface area contributed by atoms with Crippen molar-refractivity contribution in [2.24, 2.45) is 0 Å². The molecule has 3 aromatic rings. The van der Waals surface area contributed by atoms with Crippen molar-refractivity contribution in [2.75, 3.05) is 37.0 Å². The summed E-state index contributed by atoms with van der Waals surface area (Å²) in [5, 5.41) is 7.39. The number of anilines is 3. The molecule has 36 heavy (non-hydrogen) atoms. The van der Waals surface area contributed by atoms with Crippen molar-refractivity contribution in [1.82, 2.24) is 24.8 Å². The highest BCUT2D eigenvalue weighted by molar-refractivity contribution is 5.74. The van der Waals surface area contributed by atoms with E-state index in [1.165, 1.54) is 24.1 Å². The van der Waals surface area contributed by atoms with Crippen LogP contribution >= 0.6 is 0 Å². The molecule has 1 saturated heterocycles. The molecule has 2 aliphatic rings. The second-order valence-electron chi connectivity index (χ2n) is 8.80. The van der Waals surface area contributed by atoms with Gasteiger partial charge in [-0.05, 0) is 12.1 Å². The molecular formula is C24H27F2N7O3. The average molecular weight is 500 g/mol. The molecule has 0 radical (unpaired) electrons. The van der Waals surface area contributed by atoms with Crippen LogP contribution in [0, 0.1) is 11.6 Å². The number of carbonyl (C=O) groups excluding carboxylic acids is 1. The molecular weight excluding hydrogens is 472 g/mol. The third kappa shape index (κ3) is 5.02. The minimum absolute atomic E-state index is 0.00192. The van der Waals surface area contributed by atoms with Gasteiger partial charge >= 0.3 is 0 Å². The van der Waals surface area contributed by atoms with Gasteiger partial charge in [0, 0.05) is 51.9 Å². The zero-order chi connectivity index (χ0) is 25.2. The summed E-state index contributed by atoms with van der Waals surface area (Å²) in [6.07, 6.45) is 4.99. The smallest absolute Gasteiger partial charge is 0.219 e. The minimum atomic E-state index is -0.708. The van der Waals surface area contributed by atoms with Gasteiger partial charge in [0.25, 0.3) is 0 Å². The fourth-order valence-electron chi connectivity index (χ4n) is 4.44. The van der Waals surface area contributed by atoms with E-state index >= 15 is 0 Å². The molecule has 190 valence electrons. The van der Waals surface area contributed by atoms with Gasteiger partial charge in [0.1, 0.15) is 19.0 Å². The highest BCUT2D eigenvalue weighted by Crippen LogP contribution is 2.32. The quantitative estimate of drug-likeness (QED) is 0.553. The fourth-order valence-corrected chi connectivity index (χ4v) is 4.44. The number of piperidine rings is 1. The molecule has 0 saturated carbocycles. The fraction of sp³-hybridized carbons (Fsp3) is 0.417. The van der Waals surface area contributed by atoms with Crippen LogP contribution in [0.3, 0.4) is 0 Å². The van der Waals surface area contributed by atoms with Crippen molar-refractivity contribution in [3.05, 3.63) is 53.6 Å². The van der Waals surface area contributed by atoms with Gasteiger partial charge < -0.3 is 24.7 Å². The summed E-state index contributed by atoms with van der Waals surface area (Å²) >= 11 is 0. The molecule has 0 unspecified atom stereocenters. The molecule has 0 bridgehead atoms. The van der Waals surface area contributed by atoms with E-state index in [4.69, 9.17) is 19.5 Å². The predicted octanol–water partition coefficient (Wildman–Crippen LogP) is 2.71. The summed E-state index contributed by atoms with van der Waals surface area (Å²) in [6, 6.07) is 3.33. The largest absolute Gasteiger partial charge is 0.487 e. The van der Waals surface area contributed by atoms with Crippen LogP contribution in [0.2, 0.25) is 0 Å². The van der Waals surface area contributed by atoms with Gasteiger partial charge in [0.05, 0.1) is 36.0 Å². The summed E-state index contributed by atoms with van der Waals surface area (Å²) in [6.45, 7) is 3.79. The van der Waals surface area contributed by atoms with Gasteiger partial charge in [-0.15, -0.1) is 9.94 Å². The Morgan fingerprint density at radius 3 is 2.64 bits per heavy atom. The maximum atomic E-state index is 14.0. The summed E-state index contributed by atoms with van der Waals surface area (Å²) in [4.78, 5) is 32.0. The number of aromatic nitrogens is 4. The number of benzene rings is 1. The lowest BCUT2D eigenvalue weighted by Crippen LogP contribution is -2.40. The van der Waals surface area contributed by atoms with Crippen LogP contribution in [-0.2, 0) is 17.8 Å². The van der Waals surface area contributed by atoms with Crippen LogP contribution in [0.4, 0.5) is 26.1 Å². The molecule has 1 amide bonds. The van der Waals surface area contributed by atoms with Gasteiger partial charge in [-0.1, -0.05) is 0 Å². The third-order valence-electron chi connectivity index (χ3n) is 6.38. The van der Waals surface area contributed by atoms with Crippen LogP contribution in [-0.4, -0.2) is 63.6 Å². The van der Waals surface area contributed by atoms with Crippen LogP contribution in [0.15, 0.2) is 30.6 Å². The first-order valence-corrected chi connectivity index (χ1v) is 11.8. The van der Waals surface area contributed by atoms with E-state index < -0.39 is 11.6 Å². The monoisotopic (exact) mass is 499 g/mol. The molecule has 0 spiro atoms. The number of halogens is 2. The zero-order valence-corrected chi connectivity index (χ0v) is 20.1. The Morgan fingerprint density at radius 1 is 1.14 bits per heavy atom. The Hall–Kier alpha value is -3.96. The van der Waals surface area contributed by atoms with Crippen molar-refractivity contribution in [3.63, 3.8) is 0 Å². The van der Waals surface area contributed by atoms with E-state index in [1.54, 1.807) is 24.2 Å². The van der Waals surface area contributed by atoms with Gasteiger partial charge in [-0.2, -0.15) is 0 Å². The summed E-state index contributed by atoms with van der Waals surface area (Å²) in [7, 11) is 1.52. The van der Waals surface area contributed by atoms with Crippen LogP contribution < -0.4 is 19.8 Å². The van der Waals surface area contributed by atoms with Gasteiger partial charge in [0.2, 0.25) is 5.91 Å². The lowest BCUT2D eigenvalue weighted by atomic mass is 10.1. The number of fused-ring (bicyclic) bond motifs is 1. The predicted molar refractivity (Wildman–Crippen MR) is 127 cm³/mol. The van der Waals surface area contributed by atoms with E-state index in [0.29, 0.717) is 62.8 Å². The molecule has 1 aromatic carbocycles. The number of amides is 1. The summed E-state index contributed by atoms with van der Waals surface area (Å²) in [5.41, 5.74) is 2.30. The number of ether oxygens (including phenoxy) is 1. The molecule has 0 atom stereocenters. The van der Waals surface area contributed by atoms with Gasteiger partial charge in [-0.3, -0.25) is 4.79 Å². The average Bonchev–Trinajstić information content (AvgIpc) is 3.33. The minimum Gasteiger partial charge on any atom is -0.487 e.